The molecular formula is C19H17N3O2S. The SMILES string of the molecule is COc1ccc(N2C(=S)N[C@H](c3ccccn3)[C@@H]2c2ccco2)cc1. The molecule has 3 heterocycles. The van der Waals surface area contributed by atoms with E-state index in [9.17, 15) is 0 Å². The maximum Gasteiger partial charge on any atom is 0.174 e. The fourth-order valence-electron chi connectivity index (χ4n) is 3.12. The number of aromatic nitrogens is 1. The number of methoxy groups -OCH3 is 1. The molecule has 1 fully saturated rings. The minimum atomic E-state index is -0.120. The number of anilines is 1. The van der Waals surface area contributed by atoms with Crippen LogP contribution in [-0.2, 0) is 0 Å². The lowest BCUT2D eigenvalue weighted by Gasteiger charge is -2.26. The molecule has 0 radical (unpaired) electrons. The molecule has 0 spiro atoms. The van der Waals surface area contributed by atoms with Crippen molar-refractivity contribution in [2.75, 3.05) is 12.0 Å². The number of pyridine rings is 1. The van der Waals surface area contributed by atoms with Gasteiger partial charge >= 0.3 is 0 Å². The van der Waals surface area contributed by atoms with Crippen molar-refractivity contribution in [1.82, 2.24) is 10.3 Å². The molecule has 4 rings (SSSR count). The molecule has 1 saturated heterocycles. The van der Waals surface area contributed by atoms with Crippen molar-refractivity contribution in [2.24, 2.45) is 0 Å². The quantitative estimate of drug-likeness (QED) is 0.721. The average Bonchev–Trinajstić information content (AvgIpc) is 3.30. The number of hydrogen-bond donors (Lipinski definition) is 1. The first-order chi connectivity index (χ1) is 12.3. The topological polar surface area (TPSA) is 50.5 Å². The molecule has 2 aromatic heterocycles. The molecule has 1 aliphatic heterocycles. The minimum Gasteiger partial charge on any atom is -0.497 e. The number of benzene rings is 1. The maximum absolute atomic E-state index is 5.72. The van der Waals surface area contributed by atoms with E-state index in [-0.39, 0.29) is 12.1 Å². The number of furan rings is 1. The van der Waals surface area contributed by atoms with Gasteiger partial charge in [0.2, 0.25) is 0 Å². The second-order valence-corrected chi connectivity index (χ2v) is 6.10. The van der Waals surface area contributed by atoms with Crippen LogP contribution >= 0.6 is 12.2 Å². The highest BCUT2D eigenvalue weighted by molar-refractivity contribution is 7.80. The summed E-state index contributed by atoms with van der Waals surface area (Å²) >= 11 is 5.63. The van der Waals surface area contributed by atoms with Crippen molar-refractivity contribution in [1.29, 1.82) is 0 Å². The van der Waals surface area contributed by atoms with Crippen LogP contribution in [0.5, 0.6) is 5.75 Å². The fraction of sp³-hybridized carbons (Fsp3) is 0.158. The Balaban J connectivity index is 1.77. The normalized spacial score (nSPS) is 19.7. The Kier molecular flexibility index (Phi) is 4.11. The van der Waals surface area contributed by atoms with Crippen LogP contribution in [0.25, 0.3) is 0 Å². The van der Waals surface area contributed by atoms with E-state index >= 15 is 0 Å². The number of hydrogen-bond acceptors (Lipinski definition) is 4. The van der Waals surface area contributed by atoms with Gasteiger partial charge in [0.25, 0.3) is 0 Å². The molecule has 0 unspecified atom stereocenters. The third kappa shape index (κ3) is 2.85. The zero-order valence-corrected chi connectivity index (χ0v) is 14.4. The fourth-order valence-corrected chi connectivity index (χ4v) is 3.47. The minimum absolute atomic E-state index is 0.0954. The maximum atomic E-state index is 5.72. The Bertz CT molecular complexity index is 850. The Morgan fingerprint density at radius 3 is 2.60 bits per heavy atom. The Hall–Kier alpha value is -2.86. The zero-order chi connectivity index (χ0) is 17.2. The highest BCUT2D eigenvalue weighted by atomic mass is 32.1. The summed E-state index contributed by atoms with van der Waals surface area (Å²) in [5, 5.41) is 4.03. The Morgan fingerprint density at radius 2 is 1.96 bits per heavy atom. The van der Waals surface area contributed by atoms with Gasteiger partial charge < -0.3 is 19.4 Å². The molecule has 6 heteroatoms. The summed E-state index contributed by atoms with van der Waals surface area (Å²) in [7, 11) is 1.65. The van der Waals surface area contributed by atoms with E-state index < -0.39 is 0 Å². The van der Waals surface area contributed by atoms with Gasteiger partial charge in [0.05, 0.1) is 25.1 Å². The van der Waals surface area contributed by atoms with Crippen molar-refractivity contribution in [3.05, 3.63) is 78.5 Å². The van der Waals surface area contributed by atoms with Gasteiger partial charge in [-0.2, -0.15) is 0 Å². The number of nitrogens with one attached hydrogen (secondary N) is 1. The third-order valence-corrected chi connectivity index (χ3v) is 4.60. The van der Waals surface area contributed by atoms with E-state index in [0.717, 1.165) is 22.9 Å². The highest BCUT2D eigenvalue weighted by Crippen LogP contribution is 2.41. The first-order valence-corrected chi connectivity index (χ1v) is 8.37. The molecule has 0 saturated carbocycles. The molecule has 25 heavy (non-hydrogen) atoms. The largest absolute Gasteiger partial charge is 0.497 e. The van der Waals surface area contributed by atoms with Crippen LogP contribution < -0.4 is 15.0 Å². The van der Waals surface area contributed by atoms with E-state index in [1.165, 1.54) is 0 Å². The summed E-state index contributed by atoms with van der Waals surface area (Å²) in [4.78, 5) is 6.56. The van der Waals surface area contributed by atoms with Gasteiger partial charge in [-0.3, -0.25) is 4.98 Å². The number of rotatable bonds is 4. The second kappa shape index (κ2) is 6.57. The first kappa shape index (κ1) is 15.7. The lowest BCUT2D eigenvalue weighted by atomic mass is 10.0. The summed E-state index contributed by atoms with van der Waals surface area (Å²) in [6.07, 6.45) is 3.47. The molecular weight excluding hydrogens is 334 g/mol. The van der Waals surface area contributed by atoms with Crippen LogP contribution in [0.1, 0.15) is 23.5 Å². The van der Waals surface area contributed by atoms with Gasteiger partial charge in [0.1, 0.15) is 17.6 Å². The smallest absolute Gasteiger partial charge is 0.174 e. The monoisotopic (exact) mass is 351 g/mol. The molecule has 0 aliphatic carbocycles. The van der Waals surface area contributed by atoms with E-state index in [0.29, 0.717) is 5.11 Å². The first-order valence-electron chi connectivity index (χ1n) is 7.96. The number of ether oxygens (including phenoxy) is 1. The van der Waals surface area contributed by atoms with E-state index in [2.05, 4.69) is 15.2 Å². The molecule has 0 amide bonds. The zero-order valence-electron chi connectivity index (χ0n) is 13.6. The highest BCUT2D eigenvalue weighted by Gasteiger charge is 2.42. The molecule has 1 aromatic carbocycles. The lowest BCUT2D eigenvalue weighted by Crippen LogP contribution is -2.29. The third-order valence-electron chi connectivity index (χ3n) is 4.28. The van der Waals surface area contributed by atoms with Crippen molar-refractivity contribution >= 4 is 23.0 Å². The molecule has 1 aliphatic rings. The standard InChI is InChI=1S/C19H17N3O2S/c1-23-14-9-7-13(8-10-14)22-18(16-6-4-12-24-16)17(21-19(22)25)15-5-2-3-11-20-15/h2-12,17-18H,1H3,(H,21,25)/t17-,18+/m1/s1. The van der Waals surface area contributed by atoms with Crippen LogP contribution in [0, 0.1) is 0 Å². The van der Waals surface area contributed by atoms with Crippen molar-refractivity contribution in [3.63, 3.8) is 0 Å². The van der Waals surface area contributed by atoms with Crippen LogP contribution in [0.3, 0.4) is 0 Å². The van der Waals surface area contributed by atoms with Gasteiger partial charge in [-0.05, 0) is 60.7 Å². The van der Waals surface area contributed by atoms with Crippen LogP contribution in [-0.4, -0.2) is 17.2 Å². The second-order valence-electron chi connectivity index (χ2n) is 5.71. The van der Waals surface area contributed by atoms with Crippen molar-refractivity contribution in [2.45, 2.75) is 12.1 Å². The van der Waals surface area contributed by atoms with Gasteiger partial charge in [-0.1, -0.05) is 6.07 Å². The predicted octanol–water partition coefficient (Wildman–Crippen LogP) is 3.86. The van der Waals surface area contributed by atoms with Gasteiger partial charge in [0, 0.05) is 11.9 Å². The van der Waals surface area contributed by atoms with E-state index in [1.807, 2.05) is 54.6 Å². The molecule has 2 atom stereocenters. The summed E-state index contributed by atoms with van der Waals surface area (Å²) in [6, 6.07) is 17.3. The van der Waals surface area contributed by atoms with Crippen molar-refractivity contribution in [3.8, 4) is 5.75 Å². The summed E-state index contributed by atoms with van der Waals surface area (Å²) in [6.45, 7) is 0. The summed E-state index contributed by atoms with van der Waals surface area (Å²) in [5.41, 5.74) is 1.89. The van der Waals surface area contributed by atoms with Crippen LogP contribution in [0.4, 0.5) is 5.69 Å². The molecule has 0 bridgehead atoms. The summed E-state index contributed by atoms with van der Waals surface area (Å²) < 4.78 is 11.0. The van der Waals surface area contributed by atoms with Gasteiger partial charge in [-0.15, -0.1) is 0 Å². The summed E-state index contributed by atoms with van der Waals surface area (Å²) in [5.74, 6) is 1.64. The Labute approximate surface area is 151 Å². The van der Waals surface area contributed by atoms with E-state index in [4.69, 9.17) is 21.4 Å². The number of thiocarbonyl (C=S) groups is 1. The average molecular weight is 351 g/mol. The van der Waals surface area contributed by atoms with Gasteiger partial charge in [0.15, 0.2) is 5.11 Å². The van der Waals surface area contributed by atoms with Crippen LogP contribution in [0.2, 0.25) is 0 Å². The predicted molar refractivity (Wildman–Crippen MR) is 99.6 cm³/mol. The Morgan fingerprint density at radius 1 is 1.12 bits per heavy atom. The van der Waals surface area contributed by atoms with Crippen molar-refractivity contribution < 1.29 is 9.15 Å². The van der Waals surface area contributed by atoms with Crippen LogP contribution in [0.15, 0.2) is 71.5 Å². The molecule has 5 nitrogen and oxygen atoms in total. The van der Waals surface area contributed by atoms with Gasteiger partial charge in [-0.25, -0.2) is 0 Å². The molecule has 1 N–H and O–H groups in total. The lowest BCUT2D eigenvalue weighted by molar-refractivity contribution is 0.414. The number of nitrogens with zero attached hydrogens (tertiary/aromatic N) is 2. The van der Waals surface area contributed by atoms with E-state index in [1.54, 1.807) is 19.6 Å². The molecule has 3 aromatic rings. The molecule has 126 valence electrons.